The smallest absolute Gasteiger partial charge is 0.0810 e. The molecule has 0 saturated carbocycles. The first-order valence-electron chi connectivity index (χ1n) is 4.75. The number of aliphatic hydroxyl groups is 1. The highest BCUT2D eigenvalue weighted by molar-refractivity contribution is 5.54. The fourth-order valence-electron chi connectivity index (χ4n) is 1.78. The van der Waals surface area contributed by atoms with Gasteiger partial charge in [0.2, 0.25) is 0 Å². The van der Waals surface area contributed by atoms with Crippen molar-refractivity contribution in [2.45, 2.75) is 18.9 Å². The number of hydrogen-bond donors (Lipinski definition) is 2. The summed E-state index contributed by atoms with van der Waals surface area (Å²) in [6.45, 7) is 3.36. The van der Waals surface area contributed by atoms with E-state index in [-0.39, 0.29) is 0 Å². The number of rotatable bonds is 1. The van der Waals surface area contributed by atoms with Gasteiger partial charge in [-0.05, 0) is 19.4 Å². The minimum Gasteiger partial charge on any atom is -0.397 e. The maximum Gasteiger partial charge on any atom is 0.0810 e. The van der Waals surface area contributed by atoms with Crippen molar-refractivity contribution in [2.75, 3.05) is 23.7 Å². The van der Waals surface area contributed by atoms with Gasteiger partial charge in [0, 0.05) is 19.3 Å². The van der Waals surface area contributed by atoms with E-state index in [1.807, 2.05) is 13.0 Å². The minimum atomic E-state index is -0.579. The summed E-state index contributed by atoms with van der Waals surface area (Å²) in [4.78, 5) is 6.13. The van der Waals surface area contributed by atoms with E-state index < -0.39 is 5.60 Å². The third-order valence-electron chi connectivity index (χ3n) is 2.56. The molecule has 2 heterocycles. The van der Waals surface area contributed by atoms with Crippen LogP contribution in [-0.2, 0) is 0 Å². The van der Waals surface area contributed by atoms with Crippen molar-refractivity contribution in [3.63, 3.8) is 0 Å². The van der Waals surface area contributed by atoms with Crippen LogP contribution in [-0.4, -0.2) is 28.8 Å². The molecule has 0 spiro atoms. The molecular weight excluding hydrogens is 178 g/mol. The first-order valence-corrected chi connectivity index (χ1v) is 4.75. The molecule has 76 valence electrons. The van der Waals surface area contributed by atoms with E-state index in [2.05, 4.69) is 9.88 Å². The summed E-state index contributed by atoms with van der Waals surface area (Å²) in [6.07, 6.45) is 4.19. The molecule has 0 unspecified atom stereocenters. The lowest BCUT2D eigenvalue weighted by atomic mass is 10.1. The standard InChI is InChI=1S/C10H15N3O/c1-10(14)2-3-13(7-10)9-4-8(11)5-12-6-9/h4-6,14H,2-3,7,11H2,1H3/t10-/m1/s1. The third kappa shape index (κ3) is 1.80. The molecule has 2 rings (SSSR count). The van der Waals surface area contributed by atoms with Gasteiger partial charge < -0.3 is 15.7 Å². The molecule has 3 N–H and O–H groups in total. The molecule has 1 aromatic heterocycles. The van der Waals surface area contributed by atoms with Crippen molar-refractivity contribution >= 4 is 11.4 Å². The topological polar surface area (TPSA) is 62.4 Å². The number of nitrogens with two attached hydrogens (primary N) is 1. The van der Waals surface area contributed by atoms with E-state index in [9.17, 15) is 5.11 Å². The van der Waals surface area contributed by atoms with E-state index >= 15 is 0 Å². The quantitative estimate of drug-likeness (QED) is 0.686. The Balaban J connectivity index is 2.17. The second-order valence-corrected chi connectivity index (χ2v) is 4.14. The summed E-state index contributed by atoms with van der Waals surface area (Å²) in [5.74, 6) is 0. The van der Waals surface area contributed by atoms with Crippen molar-refractivity contribution in [3.8, 4) is 0 Å². The summed E-state index contributed by atoms with van der Waals surface area (Å²) in [5.41, 5.74) is 6.71. The van der Waals surface area contributed by atoms with Gasteiger partial charge in [-0.1, -0.05) is 0 Å². The molecule has 0 bridgehead atoms. The maximum atomic E-state index is 9.80. The Morgan fingerprint density at radius 1 is 1.57 bits per heavy atom. The summed E-state index contributed by atoms with van der Waals surface area (Å²) < 4.78 is 0. The molecule has 1 aliphatic rings. The van der Waals surface area contributed by atoms with Crippen LogP contribution in [0.5, 0.6) is 0 Å². The van der Waals surface area contributed by atoms with Gasteiger partial charge in [-0.2, -0.15) is 0 Å². The molecule has 1 fully saturated rings. The van der Waals surface area contributed by atoms with Gasteiger partial charge in [0.1, 0.15) is 0 Å². The van der Waals surface area contributed by atoms with Crippen molar-refractivity contribution in [1.29, 1.82) is 0 Å². The van der Waals surface area contributed by atoms with Crippen LogP contribution in [0.2, 0.25) is 0 Å². The number of pyridine rings is 1. The van der Waals surface area contributed by atoms with Crippen molar-refractivity contribution < 1.29 is 5.11 Å². The van der Waals surface area contributed by atoms with Crippen LogP contribution >= 0.6 is 0 Å². The number of nitrogens with zero attached hydrogens (tertiary/aromatic N) is 2. The molecule has 1 aromatic rings. The van der Waals surface area contributed by atoms with Crippen LogP contribution in [0.3, 0.4) is 0 Å². The fraction of sp³-hybridized carbons (Fsp3) is 0.500. The second kappa shape index (κ2) is 3.13. The predicted molar refractivity (Wildman–Crippen MR) is 56.1 cm³/mol. The highest BCUT2D eigenvalue weighted by Gasteiger charge is 2.31. The van der Waals surface area contributed by atoms with Gasteiger partial charge in [-0.15, -0.1) is 0 Å². The molecule has 4 heteroatoms. The lowest BCUT2D eigenvalue weighted by Gasteiger charge is -2.20. The largest absolute Gasteiger partial charge is 0.397 e. The molecule has 14 heavy (non-hydrogen) atoms. The average Bonchev–Trinajstić information content (AvgIpc) is 2.46. The average molecular weight is 193 g/mol. The molecular formula is C10H15N3O. The van der Waals surface area contributed by atoms with Gasteiger partial charge in [-0.25, -0.2) is 0 Å². The SMILES string of the molecule is C[C@@]1(O)CCN(c2cncc(N)c2)C1. The maximum absolute atomic E-state index is 9.80. The van der Waals surface area contributed by atoms with E-state index in [0.29, 0.717) is 12.2 Å². The number of nitrogen functional groups attached to an aromatic ring is 1. The Labute approximate surface area is 83.4 Å². The summed E-state index contributed by atoms with van der Waals surface area (Å²) >= 11 is 0. The Morgan fingerprint density at radius 2 is 2.36 bits per heavy atom. The summed E-state index contributed by atoms with van der Waals surface area (Å²) in [7, 11) is 0. The number of anilines is 2. The first-order chi connectivity index (χ1) is 6.57. The minimum absolute atomic E-state index is 0.579. The second-order valence-electron chi connectivity index (χ2n) is 4.14. The van der Waals surface area contributed by atoms with Crippen molar-refractivity contribution in [3.05, 3.63) is 18.5 Å². The number of aromatic nitrogens is 1. The Hall–Kier alpha value is -1.29. The lowest BCUT2D eigenvalue weighted by Crippen LogP contribution is -2.29. The zero-order valence-electron chi connectivity index (χ0n) is 8.27. The van der Waals surface area contributed by atoms with E-state index in [1.165, 1.54) is 0 Å². The normalized spacial score (nSPS) is 26.9. The van der Waals surface area contributed by atoms with Crippen LogP contribution in [0.15, 0.2) is 18.5 Å². The number of β-amino-alcohol motifs (C(OH)–C–C–N with tert-alkyl or cyclic N) is 1. The van der Waals surface area contributed by atoms with Gasteiger partial charge in [0.05, 0.1) is 23.2 Å². The van der Waals surface area contributed by atoms with Gasteiger partial charge >= 0.3 is 0 Å². The third-order valence-corrected chi connectivity index (χ3v) is 2.56. The molecule has 1 atom stereocenters. The number of hydrogen-bond acceptors (Lipinski definition) is 4. The van der Waals surface area contributed by atoms with E-state index in [4.69, 9.17) is 5.73 Å². The highest BCUT2D eigenvalue weighted by atomic mass is 16.3. The molecule has 1 aliphatic heterocycles. The zero-order chi connectivity index (χ0) is 10.2. The van der Waals surface area contributed by atoms with Crippen LogP contribution in [0.4, 0.5) is 11.4 Å². The van der Waals surface area contributed by atoms with Crippen LogP contribution in [0.1, 0.15) is 13.3 Å². The zero-order valence-corrected chi connectivity index (χ0v) is 8.27. The van der Waals surface area contributed by atoms with Gasteiger partial charge in [-0.3, -0.25) is 4.98 Å². The Kier molecular flexibility index (Phi) is 2.07. The lowest BCUT2D eigenvalue weighted by molar-refractivity contribution is 0.0839. The predicted octanol–water partition coefficient (Wildman–Crippen LogP) is 0.625. The van der Waals surface area contributed by atoms with Gasteiger partial charge in [0.25, 0.3) is 0 Å². The first kappa shape index (κ1) is 9.27. The highest BCUT2D eigenvalue weighted by Crippen LogP contribution is 2.26. The summed E-state index contributed by atoms with van der Waals surface area (Å²) in [5, 5.41) is 9.80. The summed E-state index contributed by atoms with van der Waals surface area (Å²) in [6, 6.07) is 1.88. The molecule has 0 radical (unpaired) electrons. The van der Waals surface area contributed by atoms with Crippen LogP contribution in [0, 0.1) is 0 Å². The molecule has 0 aliphatic carbocycles. The Morgan fingerprint density at radius 3 is 2.93 bits per heavy atom. The molecule has 1 saturated heterocycles. The molecule has 0 amide bonds. The van der Waals surface area contributed by atoms with Crippen LogP contribution < -0.4 is 10.6 Å². The fourth-order valence-corrected chi connectivity index (χ4v) is 1.78. The van der Waals surface area contributed by atoms with Crippen molar-refractivity contribution in [2.24, 2.45) is 0 Å². The van der Waals surface area contributed by atoms with Gasteiger partial charge in [0.15, 0.2) is 0 Å². The van der Waals surface area contributed by atoms with Crippen molar-refractivity contribution in [1.82, 2.24) is 4.98 Å². The Bertz CT molecular complexity index is 338. The van der Waals surface area contributed by atoms with E-state index in [1.54, 1.807) is 12.4 Å². The molecule has 4 nitrogen and oxygen atoms in total. The van der Waals surface area contributed by atoms with Crippen LogP contribution in [0.25, 0.3) is 0 Å². The van der Waals surface area contributed by atoms with E-state index in [0.717, 1.165) is 18.7 Å². The molecule has 0 aromatic carbocycles. The monoisotopic (exact) mass is 193 g/mol.